The highest BCUT2D eigenvalue weighted by Gasteiger charge is 2.21. The fourth-order valence-corrected chi connectivity index (χ4v) is 3.14. The number of benzene rings is 1. The fraction of sp³-hybridized carbons (Fsp3) is 0.500. The van der Waals surface area contributed by atoms with Gasteiger partial charge in [0, 0.05) is 6.04 Å². The van der Waals surface area contributed by atoms with E-state index in [1.165, 1.54) is 32.1 Å². The summed E-state index contributed by atoms with van der Waals surface area (Å²) in [5.74, 6) is 0.875. The van der Waals surface area contributed by atoms with Gasteiger partial charge in [0.2, 0.25) is 0 Å². The summed E-state index contributed by atoms with van der Waals surface area (Å²) in [6, 6.07) is 8.91. The van der Waals surface area contributed by atoms with Crippen molar-refractivity contribution < 1.29 is 0 Å². The lowest BCUT2D eigenvalue weighted by Gasteiger charge is -2.30. The Bertz CT molecular complexity index is 535. The number of para-hydroxylation sites is 2. The lowest BCUT2D eigenvalue weighted by Crippen LogP contribution is -2.27. The SMILES string of the molecule is CCC1CCCC(Nc2ccccc2-n2cncn2)C1. The normalized spacial score (nSPS) is 22.6. The fourth-order valence-electron chi connectivity index (χ4n) is 3.14. The first-order chi connectivity index (χ1) is 9.86. The van der Waals surface area contributed by atoms with Gasteiger partial charge in [0.05, 0.1) is 11.4 Å². The van der Waals surface area contributed by atoms with Gasteiger partial charge in [-0.1, -0.05) is 38.3 Å². The van der Waals surface area contributed by atoms with Gasteiger partial charge < -0.3 is 5.32 Å². The van der Waals surface area contributed by atoms with Crippen molar-refractivity contribution in [2.45, 2.75) is 45.1 Å². The molecule has 0 saturated heterocycles. The van der Waals surface area contributed by atoms with Crippen LogP contribution in [-0.2, 0) is 0 Å². The molecular formula is C16H22N4. The Hall–Kier alpha value is -1.84. The van der Waals surface area contributed by atoms with Gasteiger partial charge in [-0.25, -0.2) is 9.67 Å². The molecule has 0 radical (unpaired) electrons. The second-order valence-electron chi connectivity index (χ2n) is 5.64. The average molecular weight is 270 g/mol. The summed E-state index contributed by atoms with van der Waals surface area (Å²) in [4.78, 5) is 4.04. The predicted molar refractivity (Wildman–Crippen MR) is 81.0 cm³/mol. The first-order valence-corrected chi connectivity index (χ1v) is 7.57. The number of hydrogen-bond acceptors (Lipinski definition) is 3. The standard InChI is InChI=1S/C16H22N4/c1-2-13-6-5-7-14(10-13)19-15-8-3-4-9-16(15)20-12-17-11-18-20/h3-4,8-9,11-14,19H,2,5-7,10H2,1H3. The summed E-state index contributed by atoms with van der Waals surface area (Å²) in [5.41, 5.74) is 2.23. The molecule has 0 bridgehead atoms. The lowest BCUT2D eigenvalue weighted by molar-refractivity contribution is 0.327. The molecule has 1 aromatic carbocycles. The molecule has 2 unspecified atom stereocenters. The smallest absolute Gasteiger partial charge is 0.138 e. The molecule has 1 aliphatic carbocycles. The third kappa shape index (κ3) is 2.84. The number of hydrogen-bond donors (Lipinski definition) is 1. The van der Waals surface area contributed by atoms with E-state index in [1.807, 2.05) is 10.7 Å². The molecule has 20 heavy (non-hydrogen) atoms. The van der Waals surface area contributed by atoms with Crippen molar-refractivity contribution in [1.29, 1.82) is 0 Å². The number of rotatable bonds is 4. The molecule has 2 aromatic rings. The average Bonchev–Trinajstić information content (AvgIpc) is 3.02. The van der Waals surface area contributed by atoms with E-state index in [2.05, 4.69) is 40.5 Å². The summed E-state index contributed by atoms with van der Waals surface area (Å²) in [7, 11) is 0. The van der Waals surface area contributed by atoms with Crippen molar-refractivity contribution in [3.8, 4) is 5.69 Å². The van der Waals surface area contributed by atoms with Crippen LogP contribution in [0, 0.1) is 5.92 Å². The Morgan fingerprint density at radius 2 is 2.20 bits per heavy atom. The van der Waals surface area contributed by atoms with E-state index >= 15 is 0 Å². The molecule has 3 rings (SSSR count). The zero-order valence-corrected chi connectivity index (χ0v) is 12.0. The Balaban J connectivity index is 1.77. The van der Waals surface area contributed by atoms with E-state index in [4.69, 9.17) is 0 Å². The largest absolute Gasteiger partial charge is 0.381 e. The minimum absolute atomic E-state index is 0.582. The summed E-state index contributed by atoms with van der Waals surface area (Å²) in [6.07, 6.45) is 9.88. The second kappa shape index (κ2) is 6.07. The molecule has 0 spiro atoms. The van der Waals surface area contributed by atoms with Crippen molar-refractivity contribution in [1.82, 2.24) is 14.8 Å². The zero-order valence-electron chi connectivity index (χ0n) is 12.0. The van der Waals surface area contributed by atoms with Gasteiger partial charge in [0.15, 0.2) is 0 Å². The highest BCUT2D eigenvalue weighted by Crippen LogP contribution is 2.30. The maximum absolute atomic E-state index is 4.24. The van der Waals surface area contributed by atoms with Crippen molar-refractivity contribution in [2.24, 2.45) is 5.92 Å². The van der Waals surface area contributed by atoms with Crippen LogP contribution in [0.25, 0.3) is 5.69 Å². The van der Waals surface area contributed by atoms with E-state index in [-0.39, 0.29) is 0 Å². The second-order valence-corrected chi connectivity index (χ2v) is 5.64. The molecule has 4 heteroatoms. The maximum atomic E-state index is 4.24. The Morgan fingerprint density at radius 3 is 3.00 bits per heavy atom. The summed E-state index contributed by atoms with van der Waals surface area (Å²) in [5, 5.41) is 7.95. The summed E-state index contributed by atoms with van der Waals surface area (Å²) in [6.45, 7) is 2.30. The van der Waals surface area contributed by atoms with Crippen LogP contribution < -0.4 is 5.32 Å². The van der Waals surface area contributed by atoms with Gasteiger partial charge in [0.1, 0.15) is 12.7 Å². The quantitative estimate of drug-likeness (QED) is 0.922. The minimum Gasteiger partial charge on any atom is -0.381 e. The van der Waals surface area contributed by atoms with Crippen LogP contribution in [0.4, 0.5) is 5.69 Å². The topological polar surface area (TPSA) is 42.7 Å². The molecule has 1 aromatic heterocycles. The van der Waals surface area contributed by atoms with E-state index in [0.29, 0.717) is 6.04 Å². The molecule has 1 saturated carbocycles. The van der Waals surface area contributed by atoms with Crippen LogP contribution in [0.3, 0.4) is 0 Å². The van der Waals surface area contributed by atoms with Crippen LogP contribution >= 0.6 is 0 Å². The van der Waals surface area contributed by atoms with E-state index < -0.39 is 0 Å². The highest BCUT2D eigenvalue weighted by atomic mass is 15.3. The number of nitrogens with zero attached hydrogens (tertiary/aromatic N) is 3. The van der Waals surface area contributed by atoms with Crippen molar-refractivity contribution in [3.05, 3.63) is 36.9 Å². The highest BCUT2D eigenvalue weighted by molar-refractivity contribution is 5.60. The molecule has 106 valence electrons. The van der Waals surface area contributed by atoms with Gasteiger partial charge in [-0.2, -0.15) is 5.10 Å². The molecule has 1 heterocycles. The van der Waals surface area contributed by atoms with Gasteiger partial charge >= 0.3 is 0 Å². The van der Waals surface area contributed by atoms with Gasteiger partial charge in [-0.05, 0) is 30.9 Å². The van der Waals surface area contributed by atoms with Crippen molar-refractivity contribution in [2.75, 3.05) is 5.32 Å². The molecular weight excluding hydrogens is 248 g/mol. The monoisotopic (exact) mass is 270 g/mol. The molecule has 2 atom stereocenters. The number of aromatic nitrogens is 3. The van der Waals surface area contributed by atoms with Crippen molar-refractivity contribution >= 4 is 5.69 Å². The first-order valence-electron chi connectivity index (χ1n) is 7.57. The lowest BCUT2D eigenvalue weighted by atomic mass is 9.84. The van der Waals surface area contributed by atoms with Crippen LogP contribution in [0.15, 0.2) is 36.9 Å². The Labute approximate surface area is 120 Å². The van der Waals surface area contributed by atoms with E-state index in [1.54, 1.807) is 12.7 Å². The minimum atomic E-state index is 0.582. The number of anilines is 1. The summed E-state index contributed by atoms with van der Waals surface area (Å²) >= 11 is 0. The van der Waals surface area contributed by atoms with Crippen LogP contribution in [0.5, 0.6) is 0 Å². The van der Waals surface area contributed by atoms with E-state index in [9.17, 15) is 0 Å². The Morgan fingerprint density at radius 1 is 1.30 bits per heavy atom. The molecule has 0 amide bonds. The van der Waals surface area contributed by atoms with Crippen LogP contribution in [0.2, 0.25) is 0 Å². The molecule has 0 aliphatic heterocycles. The van der Waals surface area contributed by atoms with Crippen LogP contribution in [0.1, 0.15) is 39.0 Å². The first kappa shape index (κ1) is 13.2. The number of nitrogens with one attached hydrogen (secondary N) is 1. The molecule has 1 aliphatic rings. The summed E-state index contributed by atoms with van der Waals surface area (Å²) < 4.78 is 1.82. The Kier molecular flexibility index (Phi) is 4.00. The zero-order chi connectivity index (χ0) is 13.8. The van der Waals surface area contributed by atoms with Crippen molar-refractivity contribution in [3.63, 3.8) is 0 Å². The molecule has 1 N–H and O–H groups in total. The third-order valence-electron chi connectivity index (χ3n) is 4.29. The van der Waals surface area contributed by atoms with Gasteiger partial charge in [-0.15, -0.1) is 0 Å². The van der Waals surface area contributed by atoms with E-state index in [0.717, 1.165) is 17.3 Å². The maximum Gasteiger partial charge on any atom is 0.138 e. The molecule has 4 nitrogen and oxygen atoms in total. The van der Waals surface area contributed by atoms with Crippen LogP contribution in [-0.4, -0.2) is 20.8 Å². The predicted octanol–water partition coefficient (Wildman–Crippen LogP) is 3.65. The van der Waals surface area contributed by atoms with Gasteiger partial charge in [0.25, 0.3) is 0 Å². The van der Waals surface area contributed by atoms with Gasteiger partial charge in [-0.3, -0.25) is 0 Å². The molecule has 1 fully saturated rings. The third-order valence-corrected chi connectivity index (χ3v) is 4.29.